The van der Waals surface area contributed by atoms with Crippen LogP contribution in [0.5, 0.6) is 0 Å². The molecule has 0 unspecified atom stereocenters. The summed E-state index contributed by atoms with van der Waals surface area (Å²) in [6.45, 7) is 9.03. The van der Waals surface area contributed by atoms with Crippen molar-refractivity contribution in [3.8, 4) is 0 Å². The molecule has 0 spiro atoms. The van der Waals surface area contributed by atoms with Crippen molar-refractivity contribution in [2.45, 2.75) is 46.2 Å². The maximum Gasteiger partial charge on any atom is 0.222 e. The molecule has 1 N–H and O–H groups in total. The van der Waals surface area contributed by atoms with E-state index < -0.39 is 0 Å². The predicted molar refractivity (Wildman–Crippen MR) is 95.3 cm³/mol. The fourth-order valence-electron chi connectivity index (χ4n) is 3.02. The van der Waals surface area contributed by atoms with Crippen molar-refractivity contribution in [2.24, 2.45) is 0 Å². The van der Waals surface area contributed by atoms with Gasteiger partial charge < -0.3 is 15.1 Å². The molecule has 1 saturated heterocycles. The Balaban J connectivity index is 1.79. The summed E-state index contributed by atoms with van der Waals surface area (Å²) in [5, 5.41) is 2.99. The number of carbonyl (C=O) groups excluding carboxylic acids is 2. The fourth-order valence-corrected chi connectivity index (χ4v) is 3.02. The second kappa shape index (κ2) is 9.42. The lowest BCUT2D eigenvalue weighted by Gasteiger charge is -2.17. The molecule has 1 aromatic carbocycles. The number of likely N-dealkylation sites (tertiary alicyclic amines) is 1. The summed E-state index contributed by atoms with van der Waals surface area (Å²) in [7, 11) is 0. The Kier molecular flexibility index (Phi) is 7.25. The van der Waals surface area contributed by atoms with Crippen LogP contribution >= 0.6 is 0 Å². The third-order valence-electron chi connectivity index (χ3n) is 4.58. The van der Waals surface area contributed by atoms with E-state index in [0.29, 0.717) is 25.9 Å². The van der Waals surface area contributed by atoms with E-state index in [1.807, 2.05) is 23.1 Å². The zero-order valence-electron chi connectivity index (χ0n) is 14.9. The molecule has 2 rings (SSSR count). The van der Waals surface area contributed by atoms with Gasteiger partial charge in [-0.15, -0.1) is 0 Å². The first-order valence-corrected chi connectivity index (χ1v) is 8.97. The molecular formula is C19H29N3O2. The van der Waals surface area contributed by atoms with Crippen LogP contribution < -0.4 is 5.32 Å². The van der Waals surface area contributed by atoms with Crippen molar-refractivity contribution < 1.29 is 9.59 Å². The van der Waals surface area contributed by atoms with Gasteiger partial charge in [-0.2, -0.15) is 0 Å². The van der Waals surface area contributed by atoms with E-state index in [2.05, 4.69) is 30.1 Å². The van der Waals surface area contributed by atoms with Crippen LogP contribution in [0.15, 0.2) is 24.3 Å². The molecule has 24 heavy (non-hydrogen) atoms. The molecule has 1 aliphatic rings. The van der Waals surface area contributed by atoms with Crippen LogP contribution in [0.1, 0.15) is 44.2 Å². The lowest BCUT2D eigenvalue weighted by Crippen LogP contribution is -2.30. The quantitative estimate of drug-likeness (QED) is 0.754. The second-order valence-electron chi connectivity index (χ2n) is 6.29. The SMILES string of the molecule is CCN(CC)CCC(=O)NCc1cccc(CN2CCCC2=O)c1. The molecule has 5 heteroatoms. The van der Waals surface area contributed by atoms with Crippen LogP contribution in [0.4, 0.5) is 0 Å². The molecule has 0 atom stereocenters. The number of hydrogen-bond donors (Lipinski definition) is 1. The van der Waals surface area contributed by atoms with Crippen molar-refractivity contribution in [1.82, 2.24) is 15.1 Å². The molecule has 1 heterocycles. The van der Waals surface area contributed by atoms with Crippen molar-refractivity contribution in [1.29, 1.82) is 0 Å². The Bertz CT molecular complexity index is 555. The van der Waals surface area contributed by atoms with Crippen molar-refractivity contribution in [3.63, 3.8) is 0 Å². The highest BCUT2D eigenvalue weighted by atomic mass is 16.2. The first-order valence-electron chi connectivity index (χ1n) is 8.97. The number of amides is 2. The molecule has 5 nitrogen and oxygen atoms in total. The molecule has 132 valence electrons. The maximum absolute atomic E-state index is 12.0. The van der Waals surface area contributed by atoms with E-state index >= 15 is 0 Å². The summed E-state index contributed by atoms with van der Waals surface area (Å²) in [6.07, 6.45) is 2.16. The first kappa shape index (κ1) is 18.5. The van der Waals surface area contributed by atoms with Gasteiger partial charge in [0.1, 0.15) is 0 Å². The molecule has 1 aromatic rings. The van der Waals surface area contributed by atoms with E-state index in [1.165, 1.54) is 0 Å². The monoisotopic (exact) mass is 331 g/mol. The predicted octanol–water partition coefficient (Wildman–Crippen LogP) is 2.16. The van der Waals surface area contributed by atoms with Crippen molar-refractivity contribution >= 4 is 11.8 Å². The molecule has 2 amide bonds. The second-order valence-corrected chi connectivity index (χ2v) is 6.29. The minimum Gasteiger partial charge on any atom is -0.352 e. The van der Waals surface area contributed by atoms with Crippen LogP contribution in [0, 0.1) is 0 Å². The highest BCUT2D eigenvalue weighted by Gasteiger charge is 2.19. The summed E-state index contributed by atoms with van der Waals surface area (Å²) in [4.78, 5) is 27.8. The summed E-state index contributed by atoms with van der Waals surface area (Å²) in [5.74, 6) is 0.326. The molecular weight excluding hydrogens is 302 g/mol. The smallest absolute Gasteiger partial charge is 0.222 e. The Hall–Kier alpha value is -1.88. The Morgan fingerprint density at radius 2 is 2.00 bits per heavy atom. The Morgan fingerprint density at radius 1 is 1.25 bits per heavy atom. The summed E-state index contributed by atoms with van der Waals surface area (Å²) in [5.41, 5.74) is 2.20. The number of benzene rings is 1. The van der Waals surface area contributed by atoms with Crippen molar-refractivity contribution in [3.05, 3.63) is 35.4 Å². The number of nitrogens with one attached hydrogen (secondary N) is 1. The summed E-state index contributed by atoms with van der Waals surface area (Å²) < 4.78 is 0. The van der Waals surface area contributed by atoms with Gasteiger partial charge in [0, 0.05) is 39.0 Å². The van der Waals surface area contributed by atoms with Gasteiger partial charge in [-0.05, 0) is 30.6 Å². The summed E-state index contributed by atoms with van der Waals surface area (Å²) >= 11 is 0. The standard InChI is InChI=1S/C19H29N3O2/c1-3-21(4-2)12-10-18(23)20-14-16-7-5-8-17(13-16)15-22-11-6-9-19(22)24/h5,7-8,13H,3-4,6,9-12,14-15H2,1-2H3,(H,20,23). The lowest BCUT2D eigenvalue weighted by molar-refractivity contribution is -0.128. The van der Waals surface area contributed by atoms with Crippen LogP contribution in [0.2, 0.25) is 0 Å². The zero-order chi connectivity index (χ0) is 17.4. The minimum absolute atomic E-state index is 0.0852. The average Bonchev–Trinajstić information content (AvgIpc) is 2.99. The van der Waals surface area contributed by atoms with Gasteiger partial charge in [-0.25, -0.2) is 0 Å². The lowest BCUT2D eigenvalue weighted by atomic mass is 10.1. The average molecular weight is 331 g/mol. The van der Waals surface area contributed by atoms with Gasteiger partial charge in [0.25, 0.3) is 0 Å². The summed E-state index contributed by atoms with van der Waals surface area (Å²) in [6, 6.07) is 8.13. The third kappa shape index (κ3) is 5.64. The maximum atomic E-state index is 12.0. The molecule has 0 saturated carbocycles. The number of carbonyl (C=O) groups is 2. The highest BCUT2D eigenvalue weighted by Crippen LogP contribution is 2.15. The van der Waals surface area contributed by atoms with E-state index in [1.54, 1.807) is 0 Å². The largest absolute Gasteiger partial charge is 0.352 e. The molecule has 1 fully saturated rings. The fraction of sp³-hybridized carbons (Fsp3) is 0.579. The van der Waals surface area contributed by atoms with E-state index in [0.717, 1.165) is 43.7 Å². The van der Waals surface area contributed by atoms with E-state index in [9.17, 15) is 9.59 Å². The zero-order valence-corrected chi connectivity index (χ0v) is 14.9. The van der Waals surface area contributed by atoms with Gasteiger partial charge in [0.15, 0.2) is 0 Å². The molecule has 1 aliphatic heterocycles. The minimum atomic E-state index is 0.0852. The third-order valence-corrected chi connectivity index (χ3v) is 4.58. The van der Waals surface area contributed by atoms with Gasteiger partial charge >= 0.3 is 0 Å². The Morgan fingerprint density at radius 3 is 2.67 bits per heavy atom. The van der Waals surface area contributed by atoms with Crippen molar-refractivity contribution in [2.75, 3.05) is 26.2 Å². The van der Waals surface area contributed by atoms with Crippen LogP contribution in [0.25, 0.3) is 0 Å². The van der Waals surface area contributed by atoms with E-state index in [4.69, 9.17) is 0 Å². The normalized spacial score (nSPS) is 14.5. The van der Waals surface area contributed by atoms with Crippen LogP contribution in [-0.4, -0.2) is 47.8 Å². The van der Waals surface area contributed by atoms with Gasteiger partial charge in [0.05, 0.1) is 0 Å². The number of rotatable bonds is 9. The van der Waals surface area contributed by atoms with Gasteiger partial charge in [0.2, 0.25) is 11.8 Å². The number of nitrogens with zero attached hydrogens (tertiary/aromatic N) is 2. The van der Waals surface area contributed by atoms with Gasteiger partial charge in [-0.3, -0.25) is 9.59 Å². The van der Waals surface area contributed by atoms with E-state index in [-0.39, 0.29) is 11.8 Å². The Labute approximate surface area is 145 Å². The van der Waals surface area contributed by atoms with Crippen LogP contribution in [0.3, 0.4) is 0 Å². The first-order chi connectivity index (χ1) is 11.6. The van der Waals surface area contributed by atoms with Gasteiger partial charge in [-0.1, -0.05) is 38.1 Å². The highest BCUT2D eigenvalue weighted by molar-refractivity contribution is 5.78. The number of hydrogen-bond acceptors (Lipinski definition) is 3. The topological polar surface area (TPSA) is 52.7 Å². The molecule has 0 radical (unpaired) electrons. The molecule has 0 aromatic heterocycles. The molecule has 0 aliphatic carbocycles. The molecule has 0 bridgehead atoms. The van der Waals surface area contributed by atoms with Crippen LogP contribution in [-0.2, 0) is 22.7 Å².